The van der Waals surface area contributed by atoms with Crippen LogP contribution in [0, 0.1) is 17.6 Å². The fourth-order valence-corrected chi connectivity index (χ4v) is 5.67. The Labute approximate surface area is 222 Å². The number of benzene rings is 3. The number of fused-ring (bicyclic) bond motifs is 1. The third-order valence-corrected chi connectivity index (χ3v) is 7.42. The zero-order valence-corrected chi connectivity index (χ0v) is 22.0. The zero-order chi connectivity index (χ0) is 26.8. The molecule has 1 aliphatic heterocycles. The number of rotatable bonds is 8. The lowest BCUT2D eigenvalue weighted by Gasteiger charge is -2.40. The van der Waals surface area contributed by atoms with E-state index >= 15 is 0 Å². The maximum absolute atomic E-state index is 13.6. The van der Waals surface area contributed by atoms with Crippen molar-refractivity contribution >= 4 is 16.7 Å². The smallest absolute Gasteiger partial charge is 0.300 e. The first kappa shape index (κ1) is 26.1. The zero-order valence-electron chi connectivity index (χ0n) is 22.0. The van der Waals surface area contributed by atoms with Gasteiger partial charge in [0.05, 0.1) is 17.1 Å². The molecule has 38 heavy (non-hydrogen) atoms. The van der Waals surface area contributed by atoms with Gasteiger partial charge in [0.2, 0.25) is 0 Å². The van der Waals surface area contributed by atoms with Crippen LogP contribution in [0.15, 0.2) is 84.2 Å². The Hall–Kier alpha value is -3.55. The molecule has 1 aromatic heterocycles. The molecule has 2 heterocycles. The summed E-state index contributed by atoms with van der Waals surface area (Å²) in [6.45, 7) is 13.0. The number of aromatic nitrogens is 2. The van der Waals surface area contributed by atoms with Gasteiger partial charge < -0.3 is 4.90 Å². The summed E-state index contributed by atoms with van der Waals surface area (Å²) in [7, 11) is 0. The van der Waals surface area contributed by atoms with E-state index in [2.05, 4.69) is 23.3 Å². The van der Waals surface area contributed by atoms with Crippen LogP contribution in [-0.4, -0.2) is 51.7 Å². The average molecular weight is 517 g/mol. The summed E-state index contributed by atoms with van der Waals surface area (Å²) in [5.74, 6) is -0.264. The summed E-state index contributed by atoms with van der Waals surface area (Å²) in [6.07, 6.45) is 0. The minimum atomic E-state index is -0.268. The number of hydrogen-bond donors (Lipinski definition) is 0. The molecule has 5 rings (SSSR count). The van der Waals surface area contributed by atoms with E-state index in [0.29, 0.717) is 12.2 Å². The van der Waals surface area contributed by atoms with Crippen LogP contribution in [-0.2, 0) is 6.54 Å². The molecular weight excluding hydrogens is 482 g/mol. The molecular formula is C31H34F2N4O. The van der Waals surface area contributed by atoms with Crippen molar-refractivity contribution in [2.24, 2.45) is 5.92 Å². The van der Waals surface area contributed by atoms with Crippen LogP contribution in [0.5, 0.6) is 0 Å². The maximum Gasteiger partial charge on any atom is 0.333 e. The van der Waals surface area contributed by atoms with Crippen molar-refractivity contribution in [1.82, 2.24) is 18.9 Å². The van der Waals surface area contributed by atoms with Crippen LogP contribution in [0.2, 0.25) is 0 Å². The van der Waals surface area contributed by atoms with Crippen molar-refractivity contribution in [1.29, 1.82) is 0 Å². The van der Waals surface area contributed by atoms with Crippen molar-refractivity contribution in [2.45, 2.75) is 26.4 Å². The highest BCUT2D eigenvalue weighted by atomic mass is 19.1. The Balaban J connectivity index is 1.27. The van der Waals surface area contributed by atoms with Gasteiger partial charge in [-0.15, -0.1) is 0 Å². The fourth-order valence-electron chi connectivity index (χ4n) is 5.67. The van der Waals surface area contributed by atoms with Crippen molar-refractivity contribution in [3.05, 3.63) is 113 Å². The Morgan fingerprint density at radius 2 is 1.34 bits per heavy atom. The lowest BCUT2D eigenvalue weighted by Crippen LogP contribution is -2.49. The minimum Gasteiger partial charge on any atom is -0.300 e. The third-order valence-electron chi connectivity index (χ3n) is 7.42. The highest BCUT2D eigenvalue weighted by Crippen LogP contribution is 2.30. The molecule has 0 N–H and O–H groups in total. The number of allylic oxidation sites excluding steroid dienone is 1. The first-order chi connectivity index (χ1) is 18.3. The van der Waals surface area contributed by atoms with Crippen LogP contribution in [0.25, 0.3) is 16.7 Å². The highest BCUT2D eigenvalue weighted by molar-refractivity contribution is 5.79. The van der Waals surface area contributed by atoms with Crippen LogP contribution in [0.4, 0.5) is 8.78 Å². The van der Waals surface area contributed by atoms with E-state index in [0.717, 1.165) is 54.9 Å². The molecule has 1 atom stereocenters. The number of nitrogens with zero attached hydrogens (tertiary/aromatic N) is 4. The molecule has 0 aliphatic carbocycles. The topological polar surface area (TPSA) is 33.4 Å². The Kier molecular flexibility index (Phi) is 7.58. The van der Waals surface area contributed by atoms with Gasteiger partial charge in [0.1, 0.15) is 11.6 Å². The van der Waals surface area contributed by atoms with E-state index in [1.165, 1.54) is 24.3 Å². The van der Waals surface area contributed by atoms with E-state index in [9.17, 15) is 13.6 Å². The molecule has 4 aromatic rings. The van der Waals surface area contributed by atoms with Gasteiger partial charge in [-0.1, -0.05) is 49.9 Å². The third kappa shape index (κ3) is 5.35. The SMILES string of the molecule is C=C(C)n1c(=O)n(CC(C)CN2CCN(C(c3ccc(F)cc3)c3ccc(F)cc3)CC2)c2ccccc21. The number of para-hydroxylation sites is 2. The first-order valence-corrected chi connectivity index (χ1v) is 13.2. The second-order valence-corrected chi connectivity index (χ2v) is 10.4. The van der Waals surface area contributed by atoms with Crippen LogP contribution >= 0.6 is 0 Å². The molecule has 0 bridgehead atoms. The molecule has 1 aliphatic rings. The summed E-state index contributed by atoms with van der Waals surface area (Å²) < 4.78 is 30.8. The number of imidazole rings is 1. The van der Waals surface area contributed by atoms with Gasteiger partial charge in [0.15, 0.2) is 0 Å². The molecule has 0 saturated carbocycles. The van der Waals surface area contributed by atoms with Gasteiger partial charge in [-0.05, 0) is 60.4 Å². The van der Waals surface area contributed by atoms with Crippen molar-refractivity contribution in [2.75, 3.05) is 32.7 Å². The normalized spacial score (nSPS) is 15.8. The lowest BCUT2D eigenvalue weighted by atomic mass is 9.96. The van der Waals surface area contributed by atoms with Crippen LogP contribution in [0.1, 0.15) is 31.0 Å². The molecule has 198 valence electrons. The maximum atomic E-state index is 13.6. The Bertz CT molecular complexity index is 1420. The van der Waals surface area contributed by atoms with Crippen molar-refractivity contribution in [3.8, 4) is 0 Å². The number of piperazine rings is 1. The van der Waals surface area contributed by atoms with E-state index in [4.69, 9.17) is 0 Å². The van der Waals surface area contributed by atoms with Gasteiger partial charge in [-0.25, -0.2) is 13.6 Å². The quantitative estimate of drug-likeness (QED) is 0.305. The van der Waals surface area contributed by atoms with E-state index in [1.54, 1.807) is 4.57 Å². The summed E-state index contributed by atoms with van der Waals surface area (Å²) >= 11 is 0. The molecule has 0 amide bonds. The summed E-state index contributed by atoms with van der Waals surface area (Å²) in [5, 5.41) is 0. The highest BCUT2D eigenvalue weighted by Gasteiger charge is 2.27. The van der Waals surface area contributed by atoms with Crippen molar-refractivity contribution in [3.63, 3.8) is 0 Å². The van der Waals surface area contributed by atoms with Gasteiger partial charge in [-0.3, -0.25) is 14.0 Å². The predicted octanol–water partition coefficient (Wildman–Crippen LogP) is 5.62. The first-order valence-electron chi connectivity index (χ1n) is 13.2. The van der Waals surface area contributed by atoms with Gasteiger partial charge in [-0.2, -0.15) is 0 Å². The van der Waals surface area contributed by atoms with Gasteiger partial charge >= 0.3 is 5.69 Å². The molecule has 3 aromatic carbocycles. The molecule has 0 spiro atoms. The van der Waals surface area contributed by atoms with Crippen molar-refractivity contribution < 1.29 is 8.78 Å². The molecule has 1 fully saturated rings. The fraction of sp³-hybridized carbons (Fsp3) is 0.323. The second kappa shape index (κ2) is 11.1. The minimum absolute atomic E-state index is 0.0446. The Morgan fingerprint density at radius 3 is 1.87 bits per heavy atom. The van der Waals surface area contributed by atoms with E-state index in [-0.39, 0.29) is 29.3 Å². The van der Waals surface area contributed by atoms with Gasteiger partial charge in [0.25, 0.3) is 0 Å². The summed E-state index contributed by atoms with van der Waals surface area (Å²) in [5.41, 5.74) is 4.47. The largest absolute Gasteiger partial charge is 0.333 e. The molecule has 0 radical (unpaired) electrons. The molecule has 1 saturated heterocycles. The lowest BCUT2D eigenvalue weighted by molar-refractivity contribution is 0.0972. The second-order valence-electron chi connectivity index (χ2n) is 10.4. The standard InChI is InChI=1S/C31H34F2N4O/c1-22(2)37-29-7-5-4-6-28(29)36(31(37)38)21-23(3)20-34-16-18-35(19-17-34)30(24-8-12-26(32)13-9-24)25-10-14-27(33)15-11-25/h4-15,23,30H,1,16-21H2,2-3H3. The monoisotopic (exact) mass is 516 g/mol. The van der Waals surface area contributed by atoms with E-state index in [1.807, 2.05) is 60.0 Å². The number of hydrogen-bond acceptors (Lipinski definition) is 3. The molecule has 7 heteroatoms. The van der Waals surface area contributed by atoms with Gasteiger partial charge in [0, 0.05) is 45.0 Å². The summed E-state index contributed by atoms with van der Waals surface area (Å²) in [4.78, 5) is 18.0. The summed E-state index contributed by atoms with van der Waals surface area (Å²) in [6, 6.07) is 21.0. The molecule has 1 unspecified atom stereocenters. The molecule has 5 nitrogen and oxygen atoms in total. The van der Waals surface area contributed by atoms with E-state index < -0.39 is 0 Å². The Morgan fingerprint density at radius 1 is 0.816 bits per heavy atom. The average Bonchev–Trinajstić information content (AvgIpc) is 3.18. The van der Waals surface area contributed by atoms with Crippen LogP contribution < -0.4 is 5.69 Å². The van der Waals surface area contributed by atoms with Crippen LogP contribution in [0.3, 0.4) is 0 Å². The number of halogens is 2. The predicted molar refractivity (Wildman–Crippen MR) is 149 cm³/mol.